The molecule has 1 rings (SSSR count). The van der Waals surface area contributed by atoms with Gasteiger partial charge in [0.15, 0.2) is 0 Å². The van der Waals surface area contributed by atoms with E-state index in [1.807, 2.05) is 0 Å². The monoisotopic (exact) mass is 287 g/mol. The topological polar surface area (TPSA) is 0 Å². The standard InChI is InChI=1S/C21H35/c1-3-5-7-9-11-13-15-21-18-16-20(17-19-21)14-12-10-8-6-4-2/h16-19H,2-15H2,1H3. The van der Waals surface area contributed by atoms with Crippen LogP contribution < -0.4 is 0 Å². The molecule has 0 aromatic heterocycles. The Kier molecular flexibility index (Phi) is 11.2. The third-order valence-electron chi connectivity index (χ3n) is 4.31. The molecular weight excluding hydrogens is 252 g/mol. The van der Waals surface area contributed by atoms with E-state index in [4.69, 9.17) is 0 Å². The average Bonchev–Trinajstić information content (AvgIpc) is 2.52. The van der Waals surface area contributed by atoms with Crippen molar-refractivity contribution in [3.05, 3.63) is 42.3 Å². The van der Waals surface area contributed by atoms with Crippen molar-refractivity contribution in [2.45, 2.75) is 90.4 Å². The van der Waals surface area contributed by atoms with Gasteiger partial charge in [0.1, 0.15) is 0 Å². The van der Waals surface area contributed by atoms with Crippen LogP contribution in [-0.4, -0.2) is 0 Å². The maximum Gasteiger partial charge on any atom is -0.0279 e. The number of hydrogen-bond acceptors (Lipinski definition) is 0. The Morgan fingerprint density at radius 1 is 0.619 bits per heavy atom. The van der Waals surface area contributed by atoms with Gasteiger partial charge in [-0.15, -0.1) is 0 Å². The summed E-state index contributed by atoms with van der Waals surface area (Å²) in [4.78, 5) is 0. The number of hydrogen-bond donors (Lipinski definition) is 0. The summed E-state index contributed by atoms with van der Waals surface area (Å²) in [7, 11) is 0. The fourth-order valence-corrected chi connectivity index (χ4v) is 2.84. The molecule has 0 spiro atoms. The van der Waals surface area contributed by atoms with E-state index in [2.05, 4.69) is 38.1 Å². The first-order valence-corrected chi connectivity index (χ1v) is 9.24. The van der Waals surface area contributed by atoms with Crippen LogP contribution in [0.3, 0.4) is 0 Å². The minimum absolute atomic E-state index is 1.09. The molecule has 0 bridgehead atoms. The van der Waals surface area contributed by atoms with Crippen molar-refractivity contribution in [1.82, 2.24) is 0 Å². The second kappa shape index (κ2) is 12.9. The van der Waals surface area contributed by atoms with Crippen molar-refractivity contribution in [2.75, 3.05) is 0 Å². The van der Waals surface area contributed by atoms with Gasteiger partial charge in [-0.05, 0) is 36.8 Å². The van der Waals surface area contributed by atoms with E-state index in [9.17, 15) is 0 Å². The summed E-state index contributed by atoms with van der Waals surface area (Å²) in [5.41, 5.74) is 3.03. The lowest BCUT2D eigenvalue weighted by Gasteiger charge is -2.05. The maximum atomic E-state index is 3.90. The van der Waals surface area contributed by atoms with Crippen molar-refractivity contribution >= 4 is 0 Å². The summed E-state index contributed by atoms with van der Waals surface area (Å²) in [6.45, 7) is 6.18. The Balaban J connectivity index is 2.09. The molecule has 0 aliphatic rings. The van der Waals surface area contributed by atoms with Gasteiger partial charge in [-0.2, -0.15) is 0 Å². The van der Waals surface area contributed by atoms with E-state index in [-0.39, 0.29) is 0 Å². The van der Waals surface area contributed by atoms with Crippen LogP contribution in [0.5, 0.6) is 0 Å². The zero-order valence-electron chi connectivity index (χ0n) is 14.2. The molecule has 1 aromatic carbocycles. The van der Waals surface area contributed by atoms with Gasteiger partial charge in [0.05, 0.1) is 0 Å². The molecule has 0 saturated carbocycles. The predicted molar refractivity (Wildman–Crippen MR) is 95.7 cm³/mol. The fourth-order valence-electron chi connectivity index (χ4n) is 2.84. The lowest BCUT2D eigenvalue weighted by atomic mass is 10.0. The van der Waals surface area contributed by atoms with Crippen molar-refractivity contribution in [2.24, 2.45) is 0 Å². The molecule has 0 fully saturated rings. The van der Waals surface area contributed by atoms with Crippen LogP contribution in [0.25, 0.3) is 0 Å². The highest BCUT2D eigenvalue weighted by Gasteiger charge is 1.97. The van der Waals surface area contributed by atoms with E-state index in [1.54, 1.807) is 0 Å². The lowest BCUT2D eigenvalue weighted by molar-refractivity contribution is 0.607. The number of rotatable bonds is 13. The highest BCUT2D eigenvalue weighted by Crippen LogP contribution is 2.13. The summed E-state index contributed by atoms with van der Waals surface area (Å²) in [6, 6.07) is 9.37. The van der Waals surface area contributed by atoms with Gasteiger partial charge in [-0.3, -0.25) is 0 Å². The molecule has 21 heavy (non-hydrogen) atoms. The molecule has 0 aliphatic heterocycles. The van der Waals surface area contributed by atoms with Crippen molar-refractivity contribution in [3.63, 3.8) is 0 Å². The molecule has 0 nitrogen and oxygen atoms in total. The molecule has 0 aliphatic carbocycles. The maximum absolute atomic E-state index is 3.90. The summed E-state index contributed by atoms with van der Waals surface area (Å²) in [5, 5.41) is 0. The smallest absolute Gasteiger partial charge is 0.0279 e. The minimum atomic E-state index is 1.09. The first-order chi connectivity index (χ1) is 10.4. The van der Waals surface area contributed by atoms with Crippen molar-refractivity contribution in [1.29, 1.82) is 0 Å². The third-order valence-corrected chi connectivity index (χ3v) is 4.31. The predicted octanol–water partition coefficient (Wildman–Crippen LogP) is 6.92. The van der Waals surface area contributed by atoms with Crippen LogP contribution in [0.4, 0.5) is 0 Å². The van der Waals surface area contributed by atoms with Crippen molar-refractivity contribution in [3.8, 4) is 0 Å². The Bertz CT molecular complexity index is 322. The van der Waals surface area contributed by atoms with Gasteiger partial charge in [0.25, 0.3) is 0 Å². The van der Waals surface area contributed by atoms with Gasteiger partial charge >= 0.3 is 0 Å². The Morgan fingerprint density at radius 2 is 1.05 bits per heavy atom. The number of unbranched alkanes of at least 4 members (excludes halogenated alkanes) is 9. The normalized spacial score (nSPS) is 11.0. The van der Waals surface area contributed by atoms with Crippen LogP contribution in [0.1, 0.15) is 88.7 Å². The van der Waals surface area contributed by atoms with E-state index in [0.717, 1.165) is 6.42 Å². The SMILES string of the molecule is [CH2]CCCCCCc1ccc(CCCCCCCC)cc1. The van der Waals surface area contributed by atoms with Crippen LogP contribution in [0.15, 0.2) is 24.3 Å². The number of benzene rings is 1. The molecule has 0 heteroatoms. The summed E-state index contributed by atoms with van der Waals surface area (Å²) in [5.74, 6) is 0. The van der Waals surface area contributed by atoms with E-state index < -0.39 is 0 Å². The summed E-state index contributed by atoms with van der Waals surface area (Å²) < 4.78 is 0. The largest absolute Gasteiger partial charge is 0.0654 e. The van der Waals surface area contributed by atoms with Crippen LogP contribution >= 0.6 is 0 Å². The molecule has 0 N–H and O–H groups in total. The second-order valence-electron chi connectivity index (χ2n) is 6.35. The molecule has 0 atom stereocenters. The molecule has 1 aromatic rings. The van der Waals surface area contributed by atoms with Gasteiger partial charge in [-0.25, -0.2) is 0 Å². The van der Waals surface area contributed by atoms with Crippen molar-refractivity contribution < 1.29 is 0 Å². The van der Waals surface area contributed by atoms with Crippen LogP contribution in [0, 0.1) is 6.92 Å². The first-order valence-electron chi connectivity index (χ1n) is 9.24. The van der Waals surface area contributed by atoms with Gasteiger partial charge in [0, 0.05) is 0 Å². The van der Waals surface area contributed by atoms with Gasteiger partial charge < -0.3 is 0 Å². The fraction of sp³-hybridized carbons (Fsp3) is 0.667. The number of aryl methyl sites for hydroxylation is 2. The molecule has 0 saturated heterocycles. The molecule has 119 valence electrons. The minimum Gasteiger partial charge on any atom is -0.0654 e. The molecule has 0 heterocycles. The van der Waals surface area contributed by atoms with Gasteiger partial charge in [-0.1, -0.05) is 95.9 Å². The van der Waals surface area contributed by atoms with E-state index in [1.165, 1.54) is 88.2 Å². The highest BCUT2D eigenvalue weighted by atomic mass is 14.0. The summed E-state index contributed by atoms with van der Waals surface area (Å²) >= 11 is 0. The molecule has 0 amide bonds. The van der Waals surface area contributed by atoms with E-state index >= 15 is 0 Å². The first kappa shape index (κ1) is 18.3. The third kappa shape index (κ3) is 9.72. The Labute approximate surface area is 133 Å². The highest BCUT2D eigenvalue weighted by molar-refractivity contribution is 5.22. The lowest BCUT2D eigenvalue weighted by Crippen LogP contribution is -1.90. The average molecular weight is 288 g/mol. The Morgan fingerprint density at radius 3 is 1.52 bits per heavy atom. The quantitative estimate of drug-likeness (QED) is 0.345. The summed E-state index contributed by atoms with van der Waals surface area (Å²) in [6.07, 6.45) is 17.3. The molecule has 0 unspecified atom stereocenters. The second-order valence-corrected chi connectivity index (χ2v) is 6.35. The zero-order chi connectivity index (χ0) is 15.2. The zero-order valence-corrected chi connectivity index (χ0v) is 14.2. The Hall–Kier alpha value is -0.780. The van der Waals surface area contributed by atoms with Crippen LogP contribution in [-0.2, 0) is 12.8 Å². The van der Waals surface area contributed by atoms with E-state index in [0.29, 0.717) is 0 Å². The molecule has 1 radical (unpaired) electrons. The van der Waals surface area contributed by atoms with Crippen LogP contribution in [0.2, 0.25) is 0 Å². The molecular formula is C21H35. The van der Waals surface area contributed by atoms with Gasteiger partial charge in [0.2, 0.25) is 0 Å².